The number of hydrogen-bond donors (Lipinski definition) is 3. The quantitative estimate of drug-likeness (QED) is 0.721. The molecule has 1 aliphatic rings. The van der Waals surface area contributed by atoms with Crippen molar-refractivity contribution in [2.75, 3.05) is 30.8 Å². The van der Waals surface area contributed by atoms with Gasteiger partial charge in [-0.25, -0.2) is 13.1 Å². The van der Waals surface area contributed by atoms with E-state index in [-0.39, 0.29) is 4.90 Å². The van der Waals surface area contributed by atoms with Crippen LogP contribution in [0.3, 0.4) is 0 Å². The number of benzene rings is 1. The number of hydrogen-bond acceptors (Lipinski definition) is 5. The van der Waals surface area contributed by atoms with E-state index in [1.54, 1.807) is 12.1 Å². The molecule has 1 unspecified atom stereocenters. The van der Waals surface area contributed by atoms with Crippen LogP contribution in [-0.4, -0.2) is 39.3 Å². The van der Waals surface area contributed by atoms with Gasteiger partial charge in [0, 0.05) is 18.8 Å². The average molecular weight is 313 g/mol. The van der Waals surface area contributed by atoms with Gasteiger partial charge in [-0.2, -0.15) is 0 Å². The molecule has 118 valence electrons. The van der Waals surface area contributed by atoms with Crippen LogP contribution in [0.2, 0.25) is 0 Å². The van der Waals surface area contributed by atoms with E-state index in [2.05, 4.69) is 4.72 Å². The Kier molecular flexibility index (Phi) is 4.46. The summed E-state index contributed by atoms with van der Waals surface area (Å²) < 4.78 is 26.7. The molecule has 0 radical (unpaired) electrons. The zero-order chi connectivity index (χ0) is 15.7. The smallest absolute Gasteiger partial charge is 0.242 e. The van der Waals surface area contributed by atoms with Crippen molar-refractivity contribution in [2.45, 2.75) is 36.7 Å². The number of nitrogens with one attached hydrogen (secondary N) is 1. The molecule has 21 heavy (non-hydrogen) atoms. The lowest BCUT2D eigenvalue weighted by atomic mass is 9.98. The summed E-state index contributed by atoms with van der Waals surface area (Å²) in [6.07, 6.45) is 2.14. The third kappa shape index (κ3) is 3.66. The molecule has 0 bridgehead atoms. The summed E-state index contributed by atoms with van der Waals surface area (Å²) in [5.41, 5.74) is 6.09. The molecule has 1 atom stereocenters. The maximum absolute atomic E-state index is 12.2. The van der Waals surface area contributed by atoms with E-state index in [0.717, 1.165) is 6.42 Å². The summed E-state index contributed by atoms with van der Waals surface area (Å²) in [7, 11) is -2.19. The molecular formula is C14H23N3O3S. The van der Waals surface area contributed by atoms with E-state index in [1.165, 1.54) is 13.1 Å². The minimum atomic E-state index is -3.58. The summed E-state index contributed by atoms with van der Waals surface area (Å²) in [6.45, 7) is 3.15. The fourth-order valence-corrected chi connectivity index (χ4v) is 3.61. The van der Waals surface area contributed by atoms with Crippen molar-refractivity contribution in [3.8, 4) is 0 Å². The second-order valence-corrected chi connectivity index (χ2v) is 7.63. The highest BCUT2D eigenvalue weighted by Crippen LogP contribution is 2.31. The molecule has 7 heteroatoms. The van der Waals surface area contributed by atoms with E-state index in [1.807, 2.05) is 11.8 Å². The molecule has 1 heterocycles. The van der Waals surface area contributed by atoms with Gasteiger partial charge in [0.1, 0.15) is 4.90 Å². The third-order valence-electron chi connectivity index (χ3n) is 3.95. The molecule has 2 rings (SSSR count). The molecule has 0 saturated carbocycles. The molecule has 1 aliphatic heterocycles. The topological polar surface area (TPSA) is 95.7 Å². The first-order chi connectivity index (χ1) is 9.75. The number of nitrogens with two attached hydrogens (primary N) is 1. The number of rotatable bonds is 3. The van der Waals surface area contributed by atoms with Crippen molar-refractivity contribution in [2.24, 2.45) is 0 Å². The molecule has 1 saturated heterocycles. The number of nitrogen functional groups attached to an aromatic ring is 1. The Morgan fingerprint density at radius 1 is 1.33 bits per heavy atom. The maximum Gasteiger partial charge on any atom is 0.242 e. The Bertz CT molecular complexity index is 614. The Labute approximate surface area is 126 Å². The molecule has 0 aromatic heterocycles. The fourth-order valence-electron chi connectivity index (χ4n) is 2.62. The lowest BCUT2D eigenvalue weighted by Crippen LogP contribution is -2.30. The minimum absolute atomic E-state index is 0.187. The van der Waals surface area contributed by atoms with Gasteiger partial charge in [0.2, 0.25) is 10.0 Å². The minimum Gasteiger partial charge on any atom is -0.399 e. The molecule has 0 aliphatic carbocycles. The van der Waals surface area contributed by atoms with Gasteiger partial charge in [-0.15, -0.1) is 0 Å². The number of aliphatic hydroxyl groups is 1. The standard InChI is InChI=1S/C14H23N3O3S/c1-14(18)6-3-8-17(9-7-14)12-5-4-11(15)10-13(12)21(19,20)16-2/h4-5,10,16,18H,3,6-9,15H2,1-2H3. The van der Waals surface area contributed by atoms with Crippen molar-refractivity contribution in [3.05, 3.63) is 18.2 Å². The van der Waals surface area contributed by atoms with E-state index >= 15 is 0 Å². The lowest BCUT2D eigenvalue weighted by Gasteiger charge is -2.26. The van der Waals surface area contributed by atoms with Crippen LogP contribution < -0.4 is 15.4 Å². The molecule has 1 aromatic carbocycles. The summed E-state index contributed by atoms with van der Waals surface area (Å²) in [6, 6.07) is 4.91. The highest BCUT2D eigenvalue weighted by Gasteiger charge is 2.27. The predicted molar refractivity (Wildman–Crippen MR) is 83.8 cm³/mol. The van der Waals surface area contributed by atoms with Crippen molar-refractivity contribution in [3.63, 3.8) is 0 Å². The van der Waals surface area contributed by atoms with Crippen LogP contribution in [0.25, 0.3) is 0 Å². The third-order valence-corrected chi connectivity index (χ3v) is 5.39. The summed E-state index contributed by atoms with van der Waals surface area (Å²) in [5, 5.41) is 10.2. The highest BCUT2D eigenvalue weighted by molar-refractivity contribution is 7.89. The van der Waals surface area contributed by atoms with Gasteiger partial charge in [-0.3, -0.25) is 0 Å². The van der Waals surface area contributed by atoms with Crippen LogP contribution >= 0.6 is 0 Å². The zero-order valence-corrected chi connectivity index (χ0v) is 13.3. The lowest BCUT2D eigenvalue weighted by molar-refractivity contribution is 0.0481. The number of anilines is 2. The van der Waals surface area contributed by atoms with Crippen LogP contribution in [0, 0.1) is 0 Å². The van der Waals surface area contributed by atoms with Crippen LogP contribution in [0.15, 0.2) is 23.1 Å². The molecule has 1 fully saturated rings. The first kappa shape index (κ1) is 16.1. The van der Waals surface area contributed by atoms with Crippen molar-refractivity contribution in [1.82, 2.24) is 4.72 Å². The van der Waals surface area contributed by atoms with Gasteiger partial charge in [0.25, 0.3) is 0 Å². The molecule has 0 spiro atoms. The monoisotopic (exact) mass is 313 g/mol. The van der Waals surface area contributed by atoms with Crippen LogP contribution in [0.4, 0.5) is 11.4 Å². The van der Waals surface area contributed by atoms with Crippen LogP contribution in [0.5, 0.6) is 0 Å². The van der Waals surface area contributed by atoms with Gasteiger partial charge in [-0.1, -0.05) is 0 Å². The van der Waals surface area contributed by atoms with Gasteiger partial charge in [-0.05, 0) is 51.4 Å². The summed E-state index contributed by atoms with van der Waals surface area (Å²) in [4.78, 5) is 2.19. The van der Waals surface area contributed by atoms with Crippen LogP contribution in [-0.2, 0) is 10.0 Å². The van der Waals surface area contributed by atoms with E-state index < -0.39 is 15.6 Å². The maximum atomic E-state index is 12.2. The molecule has 4 N–H and O–H groups in total. The Morgan fingerprint density at radius 2 is 2.05 bits per heavy atom. The Hall–Kier alpha value is -1.31. The van der Waals surface area contributed by atoms with E-state index in [0.29, 0.717) is 37.3 Å². The zero-order valence-electron chi connectivity index (χ0n) is 12.5. The van der Waals surface area contributed by atoms with Crippen molar-refractivity contribution in [1.29, 1.82) is 0 Å². The number of nitrogens with zero attached hydrogens (tertiary/aromatic N) is 1. The number of sulfonamides is 1. The summed E-state index contributed by atoms with van der Waals surface area (Å²) in [5.74, 6) is 0. The second kappa shape index (κ2) is 5.82. The van der Waals surface area contributed by atoms with Crippen molar-refractivity contribution >= 4 is 21.4 Å². The summed E-state index contributed by atoms with van der Waals surface area (Å²) >= 11 is 0. The van der Waals surface area contributed by atoms with Crippen molar-refractivity contribution < 1.29 is 13.5 Å². The van der Waals surface area contributed by atoms with E-state index in [4.69, 9.17) is 5.73 Å². The SMILES string of the molecule is CNS(=O)(=O)c1cc(N)ccc1N1CCCC(C)(O)CC1. The average Bonchev–Trinajstić information content (AvgIpc) is 2.60. The predicted octanol–water partition coefficient (Wildman–Crippen LogP) is 0.918. The largest absolute Gasteiger partial charge is 0.399 e. The second-order valence-electron chi connectivity index (χ2n) is 5.77. The van der Waals surface area contributed by atoms with Gasteiger partial charge >= 0.3 is 0 Å². The highest BCUT2D eigenvalue weighted by atomic mass is 32.2. The molecule has 0 amide bonds. The normalized spacial score (nSPS) is 23.9. The van der Waals surface area contributed by atoms with Gasteiger partial charge in [0.15, 0.2) is 0 Å². The Morgan fingerprint density at radius 3 is 2.71 bits per heavy atom. The van der Waals surface area contributed by atoms with Crippen LogP contribution in [0.1, 0.15) is 26.2 Å². The Balaban J connectivity index is 2.40. The van der Waals surface area contributed by atoms with Gasteiger partial charge < -0.3 is 15.7 Å². The first-order valence-corrected chi connectivity index (χ1v) is 8.54. The molecular weight excluding hydrogens is 290 g/mol. The fraction of sp³-hybridized carbons (Fsp3) is 0.571. The van der Waals surface area contributed by atoms with E-state index in [9.17, 15) is 13.5 Å². The van der Waals surface area contributed by atoms with Gasteiger partial charge in [0.05, 0.1) is 11.3 Å². The first-order valence-electron chi connectivity index (χ1n) is 7.06. The molecule has 1 aromatic rings. The molecule has 6 nitrogen and oxygen atoms in total.